The number of fused-ring (bicyclic) bond motifs is 1. The van der Waals surface area contributed by atoms with Gasteiger partial charge in [-0.3, -0.25) is 19.0 Å². The third kappa shape index (κ3) is 3.64. The van der Waals surface area contributed by atoms with E-state index in [-0.39, 0.29) is 18.4 Å². The number of piperazine rings is 1. The second-order valence-corrected chi connectivity index (χ2v) is 7.69. The van der Waals surface area contributed by atoms with Crippen LogP contribution < -0.4 is 5.32 Å². The molecule has 5 rings (SSSR count). The van der Waals surface area contributed by atoms with Crippen LogP contribution in [0.3, 0.4) is 0 Å². The van der Waals surface area contributed by atoms with Crippen molar-refractivity contribution in [3.8, 4) is 22.5 Å². The number of imidazole rings is 1. The number of rotatable bonds is 3. The molecule has 4 aromatic rings. The molecule has 0 unspecified atom stereocenters. The fourth-order valence-corrected chi connectivity index (χ4v) is 3.83. The molecule has 4 heterocycles. The summed E-state index contributed by atoms with van der Waals surface area (Å²) in [6, 6.07) is 16.7. The topological polar surface area (TPSA) is 79.6 Å². The van der Waals surface area contributed by atoms with Crippen molar-refractivity contribution in [2.24, 2.45) is 0 Å². The molecule has 0 saturated carbocycles. The first kappa shape index (κ1) is 19.3. The molecule has 1 aromatic carbocycles. The van der Waals surface area contributed by atoms with Crippen LogP contribution in [0.15, 0.2) is 67.0 Å². The predicted molar refractivity (Wildman–Crippen MR) is 118 cm³/mol. The van der Waals surface area contributed by atoms with Gasteiger partial charge in [0.25, 0.3) is 5.91 Å². The summed E-state index contributed by atoms with van der Waals surface area (Å²) in [5.41, 5.74) is 4.02. The van der Waals surface area contributed by atoms with Crippen molar-refractivity contribution in [3.63, 3.8) is 0 Å². The van der Waals surface area contributed by atoms with Gasteiger partial charge >= 0.3 is 0 Å². The van der Waals surface area contributed by atoms with E-state index in [1.54, 1.807) is 27.6 Å². The van der Waals surface area contributed by atoms with Crippen molar-refractivity contribution in [3.05, 3.63) is 77.7 Å². The second kappa shape index (κ2) is 7.85. The molecular formula is C23H18ClN5O2. The van der Waals surface area contributed by atoms with E-state index in [4.69, 9.17) is 16.6 Å². The lowest BCUT2D eigenvalue weighted by molar-refractivity contribution is -0.123. The van der Waals surface area contributed by atoms with E-state index in [1.165, 1.54) is 0 Å². The Morgan fingerprint density at radius 1 is 1.03 bits per heavy atom. The third-order valence-corrected chi connectivity index (χ3v) is 5.48. The molecule has 154 valence electrons. The molecule has 1 saturated heterocycles. The molecule has 0 spiro atoms. The molecule has 1 aliphatic rings. The number of halogens is 1. The van der Waals surface area contributed by atoms with Crippen molar-refractivity contribution in [1.82, 2.24) is 24.6 Å². The van der Waals surface area contributed by atoms with Gasteiger partial charge in [0.2, 0.25) is 5.91 Å². The van der Waals surface area contributed by atoms with Gasteiger partial charge in [-0.15, -0.1) is 0 Å². The maximum Gasteiger partial charge on any atom is 0.273 e. The monoisotopic (exact) mass is 431 g/mol. The predicted octanol–water partition coefficient (Wildman–Crippen LogP) is 3.29. The van der Waals surface area contributed by atoms with Crippen molar-refractivity contribution in [2.45, 2.75) is 0 Å². The summed E-state index contributed by atoms with van der Waals surface area (Å²) in [5.74, 6) is -0.416. The van der Waals surface area contributed by atoms with E-state index in [9.17, 15) is 9.59 Å². The second-order valence-electron chi connectivity index (χ2n) is 7.25. The summed E-state index contributed by atoms with van der Waals surface area (Å²) in [7, 11) is 0. The van der Waals surface area contributed by atoms with E-state index in [0.717, 1.165) is 16.8 Å². The minimum atomic E-state index is -0.245. The van der Waals surface area contributed by atoms with E-state index >= 15 is 0 Å². The highest BCUT2D eigenvalue weighted by atomic mass is 35.5. The first-order chi connectivity index (χ1) is 15.1. The molecule has 2 amide bonds. The number of hydrogen-bond acceptors (Lipinski definition) is 4. The molecule has 3 aromatic heterocycles. The molecular weight excluding hydrogens is 414 g/mol. The average Bonchev–Trinajstić information content (AvgIpc) is 3.18. The fraction of sp³-hybridized carbons (Fsp3) is 0.130. The number of benzene rings is 1. The normalized spacial score (nSPS) is 14.0. The minimum absolute atomic E-state index is 0.0199. The van der Waals surface area contributed by atoms with Gasteiger partial charge in [0.05, 0.1) is 12.2 Å². The van der Waals surface area contributed by atoms with Crippen LogP contribution in [0.5, 0.6) is 0 Å². The Balaban J connectivity index is 1.69. The van der Waals surface area contributed by atoms with Crippen LogP contribution in [0.4, 0.5) is 0 Å². The Labute approximate surface area is 183 Å². The third-order valence-electron chi connectivity index (χ3n) is 5.22. The number of nitrogens with zero attached hydrogens (tertiary/aromatic N) is 4. The molecule has 0 radical (unpaired) electrons. The summed E-state index contributed by atoms with van der Waals surface area (Å²) in [5, 5.41) is 3.36. The van der Waals surface area contributed by atoms with Gasteiger partial charge in [0.15, 0.2) is 0 Å². The SMILES string of the molecule is O=C1CN(C(=O)c2c(-c3ccc(Cl)cc3)nc3ccc(-c4ccccn4)cn23)CCN1. The van der Waals surface area contributed by atoms with Gasteiger partial charge in [0.1, 0.15) is 17.0 Å². The van der Waals surface area contributed by atoms with Crippen molar-refractivity contribution < 1.29 is 9.59 Å². The van der Waals surface area contributed by atoms with Crippen LogP contribution in [0.25, 0.3) is 28.2 Å². The first-order valence-corrected chi connectivity index (χ1v) is 10.2. The standard InChI is InChI=1S/C23H18ClN5O2/c24-17-7-4-15(5-8-17)21-22(23(31)28-12-11-26-20(30)14-28)29-13-16(6-9-19(29)27-21)18-3-1-2-10-25-18/h1-10,13H,11-12,14H2,(H,26,30). The van der Waals surface area contributed by atoms with Gasteiger partial charge < -0.3 is 10.2 Å². The summed E-state index contributed by atoms with van der Waals surface area (Å²) in [6.45, 7) is 0.890. The number of nitrogens with one attached hydrogen (secondary N) is 1. The Morgan fingerprint density at radius 3 is 2.58 bits per heavy atom. The Hall–Kier alpha value is -3.71. The zero-order chi connectivity index (χ0) is 21.4. The first-order valence-electron chi connectivity index (χ1n) is 9.85. The summed E-state index contributed by atoms with van der Waals surface area (Å²) >= 11 is 6.05. The zero-order valence-electron chi connectivity index (χ0n) is 16.5. The zero-order valence-corrected chi connectivity index (χ0v) is 17.2. The van der Waals surface area contributed by atoms with E-state index in [2.05, 4.69) is 10.3 Å². The summed E-state index contributed by atoms with van der Waals surface area (Å²) in [4.78, 5) is 36.2. The number of carbonyl (C=O) groups is 2. The smallest absolute Gasteiger partial charge is 0.273 e. The van der Waals surface area contributed by atoms with Gasteiger partial charge in [-0.05, 0) is 36.4 Å². The highest BCUT2D eigenvalue weighted by Gasteiger charge is 2.28. The number of hydrogen-bond donors (Lipinski definition) is 1. The minimum Gasteiger partial charge on any atom is -0.353 e. The van der Waals surface area contributed by atoms with Crippen molar-refractivity contribution in [1.29, 1.82) is 0 Å². The quantitative estimate of drug-likeness (QED) is 0.540. The van der Waals surface area contributed by atoms with Crippen LogP contribution >= 0.6 is 11.6 Å². The molecule has 0 aliphatic carbocycles. The molecule has 8 heteroatoms. The molecule has 7 nitrogen and oxygen atoms in total. The van der Waals surface area contributed by atoms with Gasteiger partial charge in [-0.2, -0.15) is 0 Å². The Kier molecular flexibility index (Phi) is 4.88. The van der Waals surface area contributed by atoms with Gasteiger partial charge in [0, 0.05) is 41.6 Å². The molecule has 0 atom stereocenters. The highest BCUT2D eigenvalue weighted by molar-refractivity contribution is 6.30. The average molecular weight is 432 g/mol. The Bertz CT molecular complexity index is 1280. The largest absolute Gasteiger partial charge is 0.353 e. The lowest BCUT2D eigenvalue weighted by atomic mass is 10.1. The van der Waals surface area contributed by atoms with Gasteiger partial charge in [-0.1, -0.05) is 29.8 Å². The number of aromatic nitrogens is 3. The van der Waals surface area contributed by atoms with E-state index < -0.39 is 0 Å². The number of amides is 2. The summed E-state index contributed by atoms with van der Waals surface area (Å²) in [6.07, 6.45) is 3.59. The molecule has 1 N–H and O–H groups in total. The lowest BCUT2D eigenvalue weighted by Crippen LogP contribution is -2.50. The maximum absolute atomic E-state index is 13.6. The number of carbonyl (C=O) groups excluding carboxylic acids is 2. The Morgan fingerprint density at radius 2 is 1.84 bits per heavy atom. The van der Waals surface area contributed by atoms with E-state index in [1.807, 2.05) is 48.7 Å². The van der Waals surface area contributed by atoms with Gasteiger partial charge in [-0.25, -0.2) is 4.98 Å². The van der Waals surface area contributed by atoms with Crippen LogP contribution in [0, 0.1) is 0 Å². The molecule has 31 heavy (non-hydrogen) atoms. The number of pyridine rings is 2. The van der Waals surface area contributed by atoms with Crippen molar-refractivity contribution in [2.75, 3.05) is 19.6 Å². The highest BCUT2D eigenvalue weighted by Crippen LogP contribution is 2.29. The van der Waals surface area contributed by atoms with Crippen LogP contribution in [-0.4, -0.2) is 50.7 Å². The fourth-order valence-electron chi connectivity index (χ4n) is 3.70. The lowest BCUT2D eigenvalue weighted by Gasteiger charge is -2.26. The van der Waals surface area contributed by atoms with Crippen molar-refractivity contribution >= 4 is 29.1 Å². The maximum atomic E-state index is 13.6. The van der Waals surface area contributed by atoms with E-state index in [0.29, 0.717) is 35.1 Å². The molecule has 0 bridgehead atoms. The van der Waals surface area contributed by atoms with Crippen LogP contribution in [-0.2, 0) is 4.79 Å². The van der Waals surface area contributed by atoms with Crippen LogP contribution in [0.1, 0.15) is 10.5 Å². The molecule has 1 fully saturated rings. The molecule has 1 aliphatic heterocycles. The van der Waals surface area contributed by atoms with Crippen LogP contribution in [0.2, 0.25) is 5.02 Å². The summed E-state index contributed by atoms with van der Waals surface area (Å²) < 4.78 is 1.78.